The van der Waals surface area contributed by atoms with E-state index in [1.807, 2.05) is 0 Å². The summed E-state index contributed by atoms with van der Waals surface area (Å²) >= 11 is 0. The van der Waals surface area contributed by atoms with Gasteiger partial charge in [-0.1, -0.05) is 12.1 Å². The van der Waals surface area contributed by atoms with Crippen molar-refractivity contribution in [3.05, 3.63) is 29.8 Å². The number of aromatic carboxylic acids is 1. The summed E-state index contributed by atoms with van der Waals surface area (Å²) in [5, 5.41) is 12.3. The summed E-state index contributed by atoms with van der Waals surface area (Å²) in [7, 11) is 1.71. The molecule has 0 atom stereocenters. The molecular weight excluding hydrogens is 258 g/mol. The van der Waals surface area contributed by atoms with Crippen molar-refractivity contribution >= 4 is 5.97 Å². The molecule has 0 saturated carbocycles. The van der Waals surface area contributed by atoms with Crippen molar-refractivity contribution in [2.75, 3.05) is 33.4 Å². The zero-order valence-electron chi connectivity index (χ0n) is 11.9. The summed E-state index contributed by atoms with van der Waals surface area (Å²) in [5.41, 5.74) is 0.201. The molecule has 1 rings (SSSR count). The van der Waals surface area contributed by atoms with Crippen LogP contribution in [0.1, 0.15) is 29.6 Å². The van der Waals surface area contributed by atoms with E-state index in [1.165, 1.54) is 0 Å². The van der Waals surface area contributed by atoms with Gasteiger partial charge in [0, 0.05) is 20.3 Å². The molecule has 0 radical (unpaired) electrons. The van der Waals surface area contributed by atoms with E-state index in [9.17, 15) is 4.79 Å². The van der Waals surface area contributed by atoms with Crippen molar-refractivity contribution < 1.29 is 19.4 Å². The van der Waals surface area contributed by atoms with E-state index < -0.39 is 5.97 Å². The van der Waals surface area contributed by atoms with Crippen LogP contribution in [0.5, 0.6) is 5.75 Å². The molecule has 0 unspecified atom stereocenters. The second kappa shape index (κ2) is 10.2. The van der Waals surface area contributed by atoms with Gasteiger partial charge in [-0.15, -0.1) is 0 Å². The number of carboxylic acid groups (broad SMARTS) is 1. The molecule has 5 nitrogen and oxygen atoms in total. The van der Waals surface area contributed by atoms with Gasteiger partial charge in [-0.25, -0.2) is 4.79 Å². The third-order valence-electron chi connectivity index (χ3n) is 2.86. The lowest BCUT2D eigenvalue weighted by atomic mass is 10.2. The fourth-order valence-electron chi connectivity index (χ4n) is 1.80. The molecule has 5 heteroatoms. The lowest BCUT2D eigenvalue weighted by Crippen LogP contribution is -2.22. The average Bonchev–Trinajstić information content (AvgIpc) is 2.46. The maximum absolute atomic E-state index is 11.0. The van der Waals surface area contributed by atoms with Crippen molar-refractivity contribution in [1.29, 1.82) is 0 Å². The molecule has 1 aromatic rings. The first-order chi connectivity index (χ1) is 9.75. The molecule has 0 bridgehead atoms. The SMILES string of the molecule is COCCCCCNCCOc1ccccc1C(=O)O. The van der Waals surface area contributed by atoms with Gasteiger partial charge < -0.3 is 19.9 Å². The Morgan fingerprint density at radius 3 is 2.70 bits per heavy atom. The number of para-hydroxylation sites is 1. The van der Waals surface area contributed by atoms with E-state index in [0.29, 0.717) is 18.9 Å². The Bertz CT molecular complexity index is 395. The molecule has 2 N–H and O–H groups in total. The second-order valence-electron chi connectivity index (χ2n) is 4.45. The lowest BCUT2D eigenvalue weighted by molar-refractivity contribution is 0.0692. The third kappa shape index (κ3) is 6.54. The molecule has 0 aliphatic rings. The number of carbonyl (C=O) groups is 1. The predicted octanol–water partition coefficient (Wildman–Crippen LogP) is 2.17. The van der Waals surface area contributed by atoms with Crippen molar-refractivity contribution in [2.45, 2.75) is 19.3 Å². The van der Waals surface area contributed by atoms with Crippen LogP contribution in [0.15, 0.2) is 24.3 Å². The van der Waals surface area contributed by atoms with E-state index in [0.717, 1.165) is 32.4 Å². The van der Waals surface area contributed by atoms with Crippen LogP contribution in [-0.2, 0) is 4.74 Å². The van der Waals surface area contributed by atoms with Crippen molar-refractivity contribution in [2.24, 2.45) is 0 Å². The van der Waals surface area contributed by atoms with Gasteiger partial charge in [0.25, 0.3) is 0 Å². The number of ether oxygens (including phenoxy) is 2. The topological polar surface area (TPSA) is 67.8 Å². The zero-order valence-corrected chi connectivity index (χ0v) is 11.9. The molecule has 0 aromatic heterocycles. The van der Waals surface area contributed by atoms with E-state index in [2.05, 4.69) is 5.32 Å². The van der Waals surface area contributed by atoms with Crippen LogP contribution in [0.25, 0.3) is 0 Å². The highest BCUT2D eigenvalue weighted by Gasteiger charge is 2.09. The predicted molar refractivity (Wildman–Crippen MR) is 77.5 cm³/mol. The van der Waals surface area contributed by atoms with Gasteiger partial charge in [0.05, 0.1) is 0 Å². The van der Waals surface area contributed by atoms with Gasteiger partial charge in [0.1, 0.15) is 17.9 Å². The molecule has 20 heavy (non-hydrogen) atoms. The van der Waals surface area contributed by atoms with Gasteiger partial charge in [-0.2, -0.15) is 0 Å². The highest BCUT2D eigenvalue weighted by molar-refractivity contribution is 5.90. The van der Waals surface area contributed by atoms with Gasteiger partial charge in [0.2, 0.25) is 0 Å². The molecule has 1 aromatic carbocycles. The van der Waals surface area contributed by atoms with Crippen LogP contribution in [0.3, 0.4) is 0 Å². The summed E-state index contributed by atoms with van der Waals surface area (Å²) in [5.74, 6) is -0.548. The van der Waals surface area contributed by atoms with Crippen LogP contribution in [0, 0.1) is 0 Å². The van der Waals surface area contributed by atoms with E-state index in [-0.39, 0.29) is 5.56 Å². The number of benzene rings is 1. The van der Waals surface area contributed by atoms with Crippen LogP contribution in [0.2, 0.25) is 0 Å². The molecular formula is C15H23NO4. The largest absolute Gasteiger partial charge is 0.491 e. The maximum Gasteiger partial charge on any atom is 0.339 e. The normalized spacial score (nSPS) is 10.4. The van der Waals surface area contributed by atoms with Crippen LogP contribution < -0.4 is 10.1 Å². The minimum absolute atomic E-state index is 0.201. The molecule has 0 fully saturated rings. The van der Waals surface area contributed by atoms with Gasteiger partial charge >= 0.3 is 5.97 Å². The monoisotopic (exact) mass is 281 g/mol. The van der Waals surface area contributed by atoms with E-state index in [4.69, 9.17) is 14.6 Å². The minimum atomic E-state index is -0.966. The molecule has 0 aliphatic carbocycles. The average molecular weight is 281 g/mol. The number of hydrogen-bond acceptors (Lipinski definition) is 4. The smallest absolute Gasteiger partial charge is 0.339 e. The summed E-state index contributed by atoms with van der Waals surface area (Å²) in [4.78, 5) is 11.0. The van der Waals surface area contributed by atoms with Gasteiger partial charge in [0.15, 0.2) is 0 Å². The van der Waals surface area contributed by atoms with Crippen molar-refractivity contribution in [3.63, 3.8) is 0 Å². The number of rotatable bonds is 11. The molecule has 0 saturated heterocycles. The summed E-state index contributed by atoms with van der Waals surface area (Å²) in [6.07, 6.45) is 3.33. The first kappa shape index (κ1) is 16.5. The number of hydrogen-bond donors (Lipinski definition) is 2. The second-order valence-corrected chi connectivity index (χ2v) is 4.45. The number of carboxylic acids is 1. The van der Waals surface area contributed by atoms with E-state index in [1.54, 1.807) is 31.4 Å². The Kier molecular flexibility index (Phi) is 8.42. The molecule has 0 heterocycles. The summed E-state index contributed by atoms with van der Waals surface area (Å²) in [6, 6.07) is 6.68. The standard InChI is InChI=1S/C15H23NO4/c1-19-11-6-2-5-9-16-10-12-20-14-8-4-3-7-13(14)15(17)18/h3-4,7-8,16H,2,5-6,9-12H2,1H3,(H,17,18). The Morgan fingerprint density at radius 2 is 1.95 bits per heavy atom. The highest BCUT2D eigenvalue weighted by Crippen LogP contribution is 2.17. The zero-order chi connectivity index (χ0) is 14.6. The number of methoxy groups -OCH3 is 1. The van der Waals surface area contributed by atoms with Crippen LogP contribution in [-0.4, -0.2) is 44.5 Å². The third-order valence-corrected chi connectivity index (χ3v) is 2.86. The first-order valence-electron chi connectivity index (χ1n) is 6.90. The Hall–Kier alpha value is -1.59. The highest BCUT2D eigenvalue weighted by atomic mass is 16.5. The van der Waals surface area contributed by atoms with Crippen molar-refractivity contribution in [3.8, 4) is 5.75 Å². The quantitative estimate of drug-likeness (QED) is 0.608. The molecule has 0 aliphatic heterocycles. The number of unbranched alkanes of at least 4 members (excludes halogenated alkanes) is 2. The molecule has 0 amide bonds. The van der Waals surface area contributed by atoms with Gasteiger partial charge in [-0.3, -0.25) is 0 Å². The summed E-state index contributed by atoms with van der Waals surface area (Å²) < 4.78 is 10.5. The van der Waals surface area contributed by atoms with E-state index >= 15 is 0 Å². The van der Waals surface area contributed by atoms with Crippen LogP contribution in [0.4, 0.5) is 0 Å². The first-order valence-corrected chi connectivity index (χ1v) is 6.90. The fourth-order valence-corrected chi connectivity index (χ4v) is 1.80. The lowest BCUT2D eigenvalue weighted by Gasteiger charge is -2.09. The fraction of sp³-hybridized carbons (Fsp3) is 0.533. The molecule has 112 valence electrons. The Morgan fingerprint density at radius 1 is 1.15 bits per heavy atom. The summed E-state index contributed by atoms with van der Waals surface area (Å²) in [6.45, 7) is 2.92. The van der Waals surface area contributed by atoms with Gasteiger partial charge in [-0.05, 0) is 37.9 Å². The number of nitrogens with one attached hydrogen (secondary N) is 1. The Balaban J connectivity index is 2.11. The van der Waals surface area contributed by atoms with Crippen LogP contribution >= 0.6 is 0 Å². The molecule has 0 spiro atoms. The van der Waals surface area contributed by atoms with Crippen molar-refractivity contribution in [1.82, 2.24) is 5.32 Å². The maximum atomic E-state index is 11.0. The Labute approximate surface area is 119 Å². The minimum Gasteiger partial charge on any atom is -0.491 e.